The van der Waals surface area contributed by atoms with Crippen molar-refractivity contribution in [1.82, 2.24) is 0 Å². The van der Waals surface area contributed by atoms with Crippen LogP contribution in [-0.2, 0) is 15.0 Å². The topological polar surface area (TPSA) is 95.4 Å². The third-order valence-corrected chi connectivity index (χ3v) is 3.32. The Labute approximate surface area is 125 Å². The molecule has 0 aromatic heterocycles. The average Bonchev–Trinajstić information content (AvgIpc) is 2.24. The standard InChI is InChI=1S/C16H24N2O3/c1-9-6-10(2)14(16(4,5)8-13(18)19)12(7-9)21-15(20)11(3)17/h6-7,11H,8,17H2,1-5H3,(H2,18,19). The first-order valence-electron chi connectivity index (χ1n) is 6.92. The number of amides is 1. The minimum atomic E-state index is -0.710. The van der Waals surface area contributed by atoms with Crippen LogP contribution in [0, 0.1) is 13.8 Å². The van der Waals surface area contributed by atoms with Crippen LogP contribution in [0.5, 0.6) is 5.75 Å². The normalized spacial score (nSPS) is 12.9. The predicted octanol–water partition coefficient (Wildman–Crippen LogP) is 1.71. The third-order valence-electron chi connectivity index (χ3n) is 3.32. The molecule has 5 nitrogen and oxygen atoms in total. The van der Waals surface area contributed by atoms with Crippen molar-refractivity contribution in [2.45, 2.75) is 52.5 Å². The largest absolute Gasteiger partial charge is 0.425 e. The van der Waals surface area contributed by atoms with Crippen LogP contribution in [0.3, 0.4) is 0 Å². The molecule has 1 rings (SSSR count). The van der Waals surface area contributed by atoms with Crippen LogP contribution in [0.4, 0.5) is 0 Å². The summed E-state index contributed by atoms with van der Waals surface area (Å²) in [6.07, 6.45) is 0.166. The SMILES string of the molecule is Cc1cc(C)c(C(C)(C)CC(N)=O)c(OC(=O)C(C)N)c1. The summed E-state index contributed by atoms with van der Waals surface area (Å²) in [5.41, 5.74) is 13.1. The maximum Gasteiger partial charge on any atom is 0.328 e. The molecular weight excluding hydrogens is 268 g/mol. The van der Waals surface area contributed by atoms with E-state index in [9.17, 15) is 9.59 Å². The van der Waals surface area contributed by atoms with E-state index in [-0.39, 0.29) is 6.42 Å². The second-order valence-corrected chi connectivity index (χ2v) is 6.19. The highest BCUT2D eigenvalue weighted by molar-refractivity contribution is 5.79. The molecule has 1 atom stereocenters. The number of carbonyl (C=O) groups is 2. The Morgan fingerprint density at radius 1 is 1.29 bits per heavy atom. The molecular formula is C16H24N2O3. The lowest BCUT2D eigenvalue weighted by molar-refractivity contribution is -0.135. The highest BCUT2D eigenvalue weighted by Crippen LogP contribution is 2.37. The quantitative estimate of drug-likeness (QED) is 0.638. The van der Waals surface area contributed by atoms with Crippen molar-refractivity contribution in [2.24, 2.45) is 11.5 Å². The van der Waals surface area contributed by atoms with Gasteiger partial charge < -0.3 is 16.2 Å². The van der Waals surface area contributed by atoms with Crippen molar-refractivity contribution in [3.63, 3.8) is 0 Å². The van der Waals surface area contributed by atoms with E-state index in [0.29, 0.717) is 5.75 Å². The summed E-state index contributed by atoms with van der Waals surface area (Å²) in [4.78, 5) is 23.1. The predicted molar refractivity (Wildman–Crippen MR) is 82.0 cm³/mol. The Morgan fingerprint density at radius 3 is 2.33 bits per heavy atom. The molecule has 0 fully saturated rings. The summed E-state index contributed by atoms with van der Waals surface area (Å²) in [5, 5.41) is 0. The fourth-order valence-electron chi connectivity index (χ4n) is 2.60. The fourth-order valence-corrected chi connectivity index (χ4v) is 2.60. The van der Waals surface area contributed by atoms with Crippen LogP contribution in [0.15, 0.2) is 12.1 Å². The van der Waals surface area contributed by atoms with E-state index in [1.807, 2.05) is 33.8 Å². The van der Waals surface area contributed by atoms with E-state index < -0.39 is 23.3 Å². The van der Waals surface area contributed by atoms with Gasteiger partial charge in [0.05, 0.1) is 0 Å². The molecule has 0 aliphatic carbocycles. The van der Waals surface area contributed by atoms with Gasteiger partial charge in [-0.15, -0.1) is 0 Å². The number of rotatable bonds is 5. The van der Waals surface area contributed by atoms with Gasteiger partial charge in [0.1, 0.15) is 11.8 Å². The summed E-state index contributed by atoms with van der Waals surface area (Å²) in [5.74, 6) is -0.457. The Bertz CT molecular complexity index is 563. The molecule has 1 aromatic rings. The van der Waals surface area contributed by atoms with Gasteiger partial charge in [0.25, 0.3) is 0 Å². The third kappa shape index (κ3) is 4.29. The minimum absolute atomic E-state index is 0.166. The molecule has 1 amide bonds. The Morgan fingerprint density at radius 2 is 1.86 bits per heavy atom. The fraction of sp³-hybridized carbons (Fsp3) is 0.500. The maximum absolute atomic E-state index is 11.8. The number of carbonyl (C=O) groups excluding carboxylic acids is 2. The number of benzene rings is 1. The van der Waals surface area contributed by atoms with Gasteiger partial charge >= 0.3 is 5.97 Å². The van der Waals surface area contributed by atoms with E-state index in [2.05, 4.69) is 0 Å². The van der Waals surface area contributed by atoms with Gasteiger partial charge in [-0.2, -0.15) is 0 Å². The van der Waals surface area contributed by atoms with Crippen molar-refractivity contribution in [3.8, 4) is 5.75 Å². The molecule has 0 aliphatic rings. The van der Waals surface area contributed by atoms with E-state index in [1.165, 1.54) is 0 Å². The Kier molecular flexibility index (Phi) is 5.12. The molecule has 21 heavy (non-hydrogen) atoms. The molecule has 0 heterocycles. The summed E-state index contributed by atoms with van der Waals surface area (Å²) in [6, 6.07) is 3.06. The molecule has 1 unspecified atom stereocenters. The molecule has 0 aliphatic heterocycles. The van der Waals surface area contributed by atoms with Crippen molar-refractivity contribution in [2.75, 3.05) is 0 Å². The monoisotopic (exact) mass is 292 g/mol. The molecule has 5 heteroatoms. The lowest BCUT2D eigenvalue weighted by Gasteiger charge is -2.28. The number of nitrogens with two attached hydrogens (primary N) is 2. The van der Waals surface area contributed by atoms with Gasteiger partial charge in [-0.1, -0.05) is 19.9 Å². The number of ether oxygens (including phenoxy) is 1. The minimum Gasteiger partial charge on any atom is -0.425 e. The van der Waals surface area contributed by atoms with Crippen LogP contribution >= 0.6 is 0 Å². The van der Waals surface area contributed by atoms with Crippen molar-refractivity contribution >= 4 is 11.9 Å². The van der Waals surface area contributed by atoms with Crippen LogP contribution in [0.2, 0.25) is 0 Å². The number of primary amides is 1. The molecule has 0 radical (unpaired) electrons. The second kappa shape index (κ2) is 6.26. The van der Waals surface area contributed by atoms with Gasteiger partial charge in [0.15, 0.2) is 0 Å². The Balaban J connectivity index is 3.35. The number of hydrogen-bond acceptors (Lipinski definition) is 4. The molecule has 0 saturated carbocycles. The van der Waals surface area contributed by atoms with E-state index in [0.717, 1.165) is 16.7 Å². The highest BCUT2D eigenvalue weighted by atomic mass is 16.5. The summed E-state index contributed by atoms with van der Waals surface area (Å²) >= 11 is 0. The highest BCUT2D eigenvalue weighted by Gasteiger charge is 2.30. The first-order chi connectivity index (χ1) is 9.54. The summed E-state index contributed by atoms with van der Waals surface area (Å²) in [7, 11) is 0. The lowest BCUT2D eigenvalue weighted by atomic mass is 9.78. The van der Waals surface area contributed by atoms with Crippen LogP contribution in [-0.4, -0.2) is 17.9 Å². The smallest absolute Gasteiger partial charge is 0.328 e. The number of hydrogen-bond donors (Lipinski definition) is 2. The Hall–Kier alpha value is -1.88. The van der Waals surface area contributed by atoms with Gasteiger partial charge in [0.2, 0.25) is 5.91 Å². The molecule has 4 N–H and O–H groups in total. The first kappa shape index (κ1) is 17.2. The van der Waals surface area contributed by atoms with Gasteiger partial charge in [-0.25, -0.2) is 4.79 Å². The zero-order valence-electron chi connectivity index (χ0n) is 13.3. The molecule has 116 valence electrons. The van der Waals surface area contributed by atoms with Crippen LogP contribution in [0.25, 0.3) is 0 Å². The zero-order valence-corrected chi connectivity index (χ0v) is 13.3. The maximum atomic E-state index is 11.8. The van der Waals surface area contributed by atoms with Crippen LogP contribution < -0.4 is 16.2 Å². The summed E-state index contributed by atoms with van der Waals surface area (Å²) in [6.45, 7) is 9.21. The second-order valence-electron chi connectivity index (χ2n) is 6.19. The lowest BCUT2D eigenvalue weighted by Crippen LogP contribution is -2.33. The number of aryl methyl sites for hydroxylation is 2. The summed E-state index contributed by atoms with van der Waals surface area (Å²) < 4.78 is 5.42. The molecule has 0 bridgehead atoms. The molecule has 0 saturated heterocycles. The van der Waals surface area contributed by atoms with Gasteiger partial charge in [0, 0.05) is 17.4 Å². The van der Waals surface area contributed by atoms with Crippen molar-refractivity contribution in [1.29, 1.82) is 0 Å². The van der Waals surface area contributed by atoms with E-state index in [4.69, 9.17) is 16.2 Å². The van der Waals surface area contributed by atoms with E-state index in [1.54, 1.807) is 13.0 Å². The van der Waals surface area contributed by atoms with Gasteiger partial charge in [-0.05, 0) is 38.0 Å². The molecule has 0 spiro atoms. The van der Waals surface area contributed by atoms with Crippen molar-refractivity contribution in [3.05, 3.63) is 28.8 Å². The van der Waals surface area contributed by atoms with Crippen LogP contribution in [0.1, 0.15) is 43.9 Å². The van der Waals surface area contributed by atoms with E-state index >= 15 is 0 Å². The molecule has 1 aromatic carbocycles. The average molecular weight is 292 g/mol. The first-order valence-corrected chi connectivity index (χ1v) is 6.92. The van der Waals surface area contributed by atoms with Gasteiger partial charge in [-0.3, -0.25) is 4.79 Å². The zero-order chi connectivity index (χ0) is 16.4. The van der Waals surface area contributed by atoms with Crippen molar-refractivity contribution < 1.29 is 14.3 Å². The number of esters is 1.